The van der Waals surface area contributed by atoms with Crippen molar-refractivity contribution in [1.29, 1.82) is 0 Å². The van der Waals surface area contributed by atoms with Gasteiger partial charge in [-0.25, -0.2) is 4.98 Å². The monoisotopic (exact) mass is 247 g/mol. The van der Waals surface area contributed by atoms with Crippen LogP contribution in [0.2, 0.25) is 0 Å². The molecule has 0 aliphatic heterocycles. The van der Waals surface area contributed by atoms with Gasteiger partial charge in [-0.15, -0.1) is 0 Å². The lowest BCUT2D eigenvalue weighted by Gasteiger charge is -2.20. The number of rotatable bonds is 5. The van der Waals surface area contributed by atoms with E-state index in [-0.39, 0.29) is 5.91 Å². The largest absolute Gasteiger partial charge is 0.356 e. The van der Waals surface area contributed by atoms with Gasteiger partial charge >= 0.3 is 0 Å². The van der Waals surface area contributed by atoms with E-state index in [1.54, 1.807) is 6.33 Å². The SMILES string of the molecule is O=C(CC1CC2CCC1C2)NCCc1cnc[nH]1. The molecule has 1 heterocycles. The summed E-state index contributed by atoms with van der Waals surface area (Å²) in [5.74, 6) is 2.66. The molecular formula is C14H21N3O. The molecular weight excluding hydrogens is 226 g/mol. The predicted octanol–water partition coefficient (Wildman–Crippen LogP) is 1.89. The molecule has 2 aliphatic carbocycles. The van der Waals surface area contributed by atoms with E-state index in [9.17, 15) is 4.79 Å². The number of fused-ring (bicyclic) bond motifs is 2. The average Bonchev–Trinajstić information content (AvgIpc) is 3.04. The van der Waals surface area contributed by atoms with Crippen LogP contribution >= 0.6 is 0 Å². The van der Waals surface area contributed by atoms with Gasteiger partial charge in [-0.05, 0) is 37.0 Å². The van der Waals surface area contributed by atoms with Gasteiger partial charge in [0.25, 0.3) is 0 Å². The lowest BCUT2D eigenvalue weighted by Crippen LogP contribution is -2.29. The van der Waals surface area contributed by atoms with E-state index in [1.165, 1.54) is 25.7 Å². The van der Waals surface area contributed by atoms with Gasteiger partial charge in [0.05, 0.1) is 6.33 Å². The Kier molecular flexibility index (Phi) is 3.35. The molecule has 2 fully saturated rings. The van der Waals surface area contributed by atoms with Gasteiger partial charge < -0.3 is 10.3 Å². The Morgan fingerprint density at radius 1 is 1.44 bits per heavy atom. The first-order valence-corrected chi connectivity index (χ1v) is 7.05. The second kappa shape index (κ2) is 5.12. The highest BCUT2D eigenvalue weighted by Gasteiger charge is 2.39. The fourth-order valence-corrected chi connectivity index (χ4v) is 3.69. The first-order valence-electron chi connectivity index (χ1n) is 7.05. The van der Waals surface area contributed by atoms with Crippen LogP contribution < -0.4 is 5.32 Å². The molecule has 2 saturated carbocycles. The zero-order valence-corrected chi connectivity index (χ0v) is 10.7. The van der Waals surface area contributed by atoms with Crippen molar-refractivity contribution >= 4 is 5.91 Å². The number of amides is 1. The normalized spacial score (nSPS) is 29.7. The number of aromatic amines is 1. The quantitative estimate of drug-likeness (QED) is 0.835. The van der Waals surface area contributed by atoms with E-state index in [2.05, 4.69) is 15.3 Å². The molecule has 2 aliphatic rings. The van der Waals surface area contributed by atoms with Crippen molar-refractivity contribution in [2.75, 3.05) is 6.54 Å². The van der Waals surface area contributed by atoms with Crippen molar-refractivity contribution in [3.05, 3.63) is 18.2 Å². The minimum atomic E-state index is 0.229. The second-order valence-corrected chi connectivity index (χ2v) is 5.82. The summed E-state index contributed by atoms with van der Waals surface area (Å²) in [5, 5.41) is 3.02. The molecule has 2 N–H and O–H groups in total. The minimum Gasteiger partial charge on any atom is -0.356 e. The number of hydrogen-bond donors (Lipinski definition) is 2. The summed E-state index contributed by atoms with van der Waals surface area (Å²) in [6, 6.07) is 0. The number of H-pyrrole nitrogens is 1. The zero-order chi connectivity index (χ0) is 12.4. The molecule has 3 atom stereocenters. The van der Waals surface area contributed by atoms with Gasteiger partial charge in [0.2, 0.25) is 5.91 Å². The van der Waals surface area contributed by atoms with E-state index < -0.39 is 0 Å². The van der Waals surface area contributed by atoms with E-state index in [4.69, 9.17) is 0 Å². The molecule has 0 aromatic carbocycles. The Morgan fingerprint density at radius 2 is 2.39 bits per heavy atom. The highest BCUT2D eigenvalue weighted by Crippen LogP contribution is 2.49. The van der Waals surface area contributed by atoms with Gasteiger partial charge in [-0.1, -0.05) is 6.42 Å². The average molecular weight is 247 g/mol. The van der Waals surface area contributed by atoms with Crippen LogP contribution in [0.5, 0.6) is 0 Å². The number of nitrogens with one attached hydrogen (secondary N) is 2. The molecule has 1 aromatic heterocycles. The number of aromatic nitrogens is 2. The third-order valence-electron chi connectivity index (χ3n) is 4.60. The van der Waals surface area contributed by atoms with Gasteiger partial charge in [0, 0.05) is 31.3 Å². The summed E-state index contributed by atoms with van der Waals surface area (Å²) < 4.78 is 0. The van der Waals surface area contributed by atoms with Crippen LogP contribution in [0.15, 0.2) is 12.5 Å². The molecule has 1 amide bonds. The number of imidazole rings is 1. The van der Waals surface area contributed by atoms with Crippen LogP contribution in [0.3, 0.4) is 0 Å². The van der Waals surface area contributed by atoms with Crippen LogP contribution in [-0.4, -0.2) is 22.4 Å². The molecule has 3 unspecified atom stereocenters. The van der Waals surface area contributed by atoms with Crippen LogP contribution in [0.4, 0.5) is 0 Å². The van der Waals surface area contributed by atoms with Gasteiger partial charge in [0.1, 0.15) is 0 Å². The number of hydrogen-bond acceptors (Lipinski definition) is 2. The first-order chi connectivity index (χ1) is 8.81. The molecule has 0 radical (unpaired) electrons. The van der Waals surface area contributed by atoms with Crippen molar-refractivity contribution in [2.24, 2.45) is 17.8 Å². The topological polar surface area (TPSA) is 57.8 Å². The minimum absolute atomic E-state index is 0.229. The molecule has 98 valence electrons. The Hall–Kier alpha value is -1.32. The predicted molar refractivity (Wildman–Crippen MR) is 68.9 cm³/mol. The van der Waals surface area contributed by atoms with Crippen molar-refractivity contribution < 1.29 is 4.79 Å². The maximum Gasteiger partial charge on any atom is 0.220 e. The first kappa shape index (κ1) is 11.8. The van der Waals surface area contributed by atoms with E-state index >= 15 is 0 Å². The standard InChI is InChI=1S/C14H21N3O/c18-14(16-4-3-13-8-15-9-17-13)7-12-6-10-1-2-11(12)5-10/h8-12H,1-7H2,(H,15,17)(H,16,18). The van der Waals surface area contributed by atoms with Crippen LogP contribution in [0, 0.1) is 17.8 Å². The summed E-state index contributed by atoms with van der Waals surface area (Å²) in [6.45, 7) is 0.710. The summed E-state index contributed by atoms with van der Waals surface area (Å²) in [6.07, 6.45) is 10.5. The summed E-state index contributed by atoms with van der Waals surface area (Å²) >= 11 is 0. The lowest BCUT2D eigenvalue weighted by molar-refractivity contribution is -0.122. The molecule has 4 nitrogen and oxygen atoms in total. The van der Waals surface area contributed by atoms with Crippen LogP contribution in [0.1, 0.15) is 37.8 Å². The van der Waals surface area contributed by atoms with E-state index in [0.717, 1.165) is 30.4 Å². The summed E-state index contributed by atoms with van der Waals surface area (Å²) in [5.41, 5.74) is 1.08. The third-order valence-corrected chi connectivity index (χ3v) is 4.60. The maximum absolute atomic E-state index is 11.9. The van der Waals surface area contributed by atoms with Crippen molar-refractivity contribution in [3.63, 3.8) is 0 Å². The smallest absolute Gasteiger partial charge is 0.220 e. The molecule has 18 heavy (non-hydrogen) atoms. The molecule has 0 spiro atoms. The van der Waals surface area contributed by atoms with Crippen molar-refractivity contribution in [2.45, 2.75) is 38.5 Å². The Labute approximate surface area is 108 Å². The van der Waals surface area contributed by atoms with Gasteiger partial charge in [0.15, 0.2) is 0 Å². The van der Waals surface area contributed by atoms with Crippen molar-refractivity contribution in [3.8, 4) is 0 Å². The Balaban J connectivity index is 1.37. The number of carbonyl (C=O) groups is 1. The summed E-state index contributed by atoms with van der Waals surface area (Å²) in [7, 11) is 0. The Morgan fingerprint density at radius 3 is 3.06 bits per heavy atom. The summed E-state index contributed by atoms with van der Waals surface area (Å²) in [4.78, 5) is 18.9. The molecule has 3 rings (SSSR count). The molecule has 2 bridgehead atoms. The Bertz CT molecular complexity index is 401. The highest BCUT2D eigenvalue weighted by molar-refractivity contribution is 5.76. The fraction of sp³-hybridized carbons (Fsp3) is 0.714. The van der Waals surface area contributed by atoms with Crippen LogP contribution in [-0.2, 0) is 11.2 Å². The fourth-order valence-electron chi connectivity index (χ4n) is 3.69. The number of nitrogens with zero attached hydrogens (tertiary/aromatic N) is 1. The molecule has 0 saturated heterocycles. The maximum atomic E-state index is 11.9. The highest BCUT2D eigenvalue weighted by atomic mass is 16.1. The lowest BCUT2D eigenvalue weighted by atomic mass is 9.86. The second-order valence-electron chi connectivity index (χ2n) is 5.82. The van der Waals surface area contributed by atoms with Crippen LogP contribution in [0.25, 0.3) is 0 Å². The molecule has 1 aromatic rings. The van der Waals surface area contributed by atoms with Gasteiger partial charge in [-0.2, -0.15) is 0 Å². The van der Waals surface area contributed by atoms with E-state index in [0.29, 0.717) is 12.5 Å². The molecule has 4 heteroatoms. The number of carbonyl (C=O) groups excluding carboxylic acids is 1. The van der Waals surface area contributed by atoms with Crippen molar-refractivity contribution in [1.82, 2.24) is 15.3 Å². The third kappa shape index (κ3) is 2.57. The van der Waals surface area contributed by atoms with E-state index in [1.807, 2.05) is 6.20 Å². The van der Waals surface area contributed by atoms with Gasteiger partial charge in [-0.3, -0.25) is 4.79 Å². The zero-order valence-electron chi connectivity index (χ0n) is 10.7.